The number of hydrogen-bond acceptors (Lipinski definition) is 4. The van der Waals surface area contributed by atoms with Crippen molar-refractivity contribution in [1.29, 1.82) is 0 Å². The number of fused-ring (bicyclic) bond motifs is 2. The Hall–Kier alpha value is -3.67. The van der Waals surface area contributed by atoms with Gasteiger partial charge in [0.25, 0.3) is 5.91 Å². The fourth-order valence-electron chi connectivity index (χ4n) is 3.95. The SMILES string of the molecule is Cc1ccc(CC2c3ccccc3C(=O)N2Cc2ccc3[nH]c(=O)oc3c2)nc1. The van der Waals surface area contributed by atoms with E-state index in [1.54, 1.807) is 6.07 Å². The van der Waals surface area contributed by atoms with Crippen LogP contribution in [0.3, 0.4) is 0 Å². The monoisotopic (exact) mass is 385 g/mol. The molecule has 4 aromatic rings. The smallest absolute Gasteiger partial charge is 0.408 e. The average molecular weight is 385 g/mol. The van der Waals surface area contributed by atoms with Crippen molar-refractivity contribution in [3.8, 4) is 0 Å². The molecule has 6 heteroatoms. The summed E-state index contributed by atoms with van der Waals surface area (Å²) in [7, 11) is 0. The lowest BCUT2D eigenvalue weighted by Crippen LogP contribution is -2.29. The topological polar surface area (TPSA) is 79.2 Å². The van der Waals surface area contributed by atoms with E-state index in [0.717, 1.165) is 27.9 Å². The first-order valence-corrected chi connectivity index (χ1v) is 9.52. The summed E-state index contributed by atoms with van der Waals surface area (Å²) in [5, 5.41) is 0. The normalized spacial score (nSPS) is 15.8. The van der Waals surface area contributed by atoms with E-state index >= 15 is 0 Å². The number of oxazole rings is 1. The van der Waals surface area contributed by atoms with Crippen LogP contribution < -0.4 is 5.76 Å². The van der Waals surface area contributed by atoms with Gasteiger partial charge in [-0.15, -0.1) is 0 Å². The standard InChI is InChI=1S/C23H19N3O3/c1-14-6-8-16(24-12-14)11-20-17-4-2-3-5-18(17)22(27)26(20)13-15-7-9-19-21(10-15)29-23(28)25-19/h2-10,12,20H,11,13H2,1H3,(H,25,28). The maximum Gasteiger partial charge on any atom is 0.417 e. The van der Waals surface area contributed by atoms with Gasteiger partial charge in [-0.25, -0.2) is 4.79 Å². The van der Waals surface area contributed by atoms with E-state index in [9.17, 15) is 9.59 Å². The number of aromatic amines is 1. The molecule has 0 radical (unpaired) electrons. The van der Waals surface area contributed by atoms with Gasteiger partial charge in [-0.1, -0.05) is 30.3 Å². The summed E-state index contributed by atoms with van der Waals surface area (Å²) >= 11 is 0. The van der Waals surface area contributed by atoms with Crippen molar-refractivity contribution in [3.63, 3.8) is 0 Å². The van der Waals surface area contributed by atoms with Gasteiger partial charge < -0.3 is 9.32 Å². The highest BCUT2D eigenvalue weighted by molar-refractivity contribution is 5.99. The Labute approximate surface area is 166 Å². The third-order valence-electron chi connectivity index (χ3n) is 5.40. The minimum absolute atomic E-state index is 0.00771. The second kappa shape index (κ2) is 6.74. The molecule has 1 aliphatic rings. The number of nitrogens with zero attached hydrogens (tertiary/aromatic N) is 2. The Morgan fingerprint density at radius 3 is 2.79 bits per heavy atom. The predicted octanol–water partition coefficient (Wildman–Crippen LogP) is 3.76. The van der Waals surface area contributed by atoms with E-state index in [0.29, 0.717) is 24.1 Å². The van der Waals surface area contributed by atoms with Gasteiger partial charge in [-0.3, -0.25) is 14.8 Å². The zero-order chi connectivity index (χ0) is 20.0. The van der Waals surface area contributed by atoms with Crippen molar-refractivity contribution in [2.45, 2.75) is 25.9 Å². The Bertz CT molecular complexity index is 1270. The van der Waals surface area contributed by atoms with Crippen LogP contribution >= 0.6 is 0 Å². The second-order valence-corrected chi connectivity index (χ2v) is 7.41. The van der Waals surface area contributed by atoms with E-state index in [-0.39, 0.29) is 11.9 Å². The highest BCUT2D eigenvalue weighted by atomic mass is 16.4. The number of pyridine rings is 1. The first kappa shape index (κ1) is 17.4. The van der Waals surface area contributed by atoms with Gasteiger partial charge in [-0.05, 0) is 47.9 Å². The lowest BCUT2D eigenvalue weighted by Gasteiger charge is -2.25. The minimum Gasteiger partial charge on any atom is -0.408 e. The molecule has 0 bridgehead atoms. The second-order valence-electron chi connectivity index (χ2n) is 7.41. The molecule has 0 spiro atoms. The number of nitrogens with one attached hydrogen (secondary N) is 1. The molecule has 0 aliphatic carbocycles. The average Bonchev–Trinajstić information content (AvgIpc) is 3.22. The molecule has 1 N–H and O–H groups in total. The Balaban J connectivity index is 1.50. The van der Waals surface area contributed by atoms with Crippen LogP contribution in [-0.2, 0) is 13.0 Å². The third kappa shape index (κ3) is 3.12. The molecule has 2 aromatic carbocycles. The van der Waals surface area contributed by atoms with Gasteiger partial charge in [0.2, 0.25) is 0 Å². The van der Waals surface area contributed by atoms with Crippen LogP contribution in [0.15, 0.2) is 70.0 Å². The van der Waals surface area contributed by atoms with Crippen LogP contribution in [-0.4, -0.2) is 20.8 Å². The largest absolute Gasteiger partial charge is 0.417 e. The van der Waals surface area contributed by atoms with E-state index in [1.807, 2.05) is 66.6 Å². The molecule has 0 fully saturated rings. The molecule has 1 atom stereocenters. The van der Waals surface area contributed by atoms with Gasteiger partial charge in [0.05, 0.1) is 11.6 Å². The van der Waals surface area contributed by atoms with Gasteiger partial charge >= 0.3 is 5.76 Å². The van der Waals surface area contributed by atoms with Crippen LogP contribution in [0.25, 0.3) is 11.1 Å². The number of aryl methyl sites for hydroxylation is 1. The third-order valence-corrected chi connectivity index (χ3v) is 5.40. The Kier molecular flexibility index (Phi) is 4.05. The lowest BCUT2D eigenvalue weighted by atomic mass is 10.00. The number of aromatic nitrogens is 2. The molecule has 6 nitrogen and oxygen atoms in total. The first-order chi connectivity index (χ1) is 14.1. The maximum atomic E-state index is 13.1. The molecular formula is C23H19N3O3. The van der Waals surface area contributed by atoms with Crippen LogP contribution in [0, 0.1) is 6.92 Å². The molecule has 144 valence electrons. The summed E-state index contributed by atoms with van der Waals surface area (Å²) in [4.78, 5) is 33.6. The fraction of sp³-hybridized carbons (Fsp3) is 0.174. The number of carbonyl (C=O) groups is 1. The van der Waals surface area contributed by atoms with Crippen LogP contribution in [0.5, 0.6) is 0 Å². The van der Waals surface area contributed by atoms with Crippen LogP contribution in [0.1, 0.15) is 38.8 Å². The zero-order valence-electron chi connectivity index (χ0n) is 15.9. The van der Waals surface area contributed by atoms with Crippen molar-refractivity contribution >= 4 is 17.0 Å². The van der Waals surface area contributed by atoms with Crippen molar-refractivity contribution in [1.82, 2.24) is 14.9 Å². The molecule has 0 saturated carbocycles. The maximum absolute atomic E-state index is 13.1. The first-order valence-electron chi connectivity index (χ1n) is 9.52. The van der Waals surface area contributed by atoms with E-state index in [1.165, 1.54) is 0 Å². The van der Waals surface area contributed by atoms with Gasteiger partial charge in [0.15, 0.2) is 5.58 Å². The summed E-state index contributed by atoms with van der Waals surface area (Å²) in [5.74, 6) is -0.474. The van der Waals surface area contributed by atoms with Gasteiger partial charge in [-0.2, -0.15) is 0 Å². The number of carbonyl (C=O) groups excluding carboxylic acids is 1. The lowest BCUT2D eigenvalue weighted by molar-refractivity contribution is 0.0708. The molecule has 29 heavy (non-hydrogen) atoms. The summed E-state index contributed by atoms with van der Waals surface area (Å²) in [5.41, 5.74) is 5.86. The summed E-state index contributed by atoms with van der Waals surface area (Å²) in [6.07, 6.45) is 2.49. The van der Waals surface area contributed by atoms with Crippen molar-refractivity contribution in [3.05, 3.63) is 99.3 Å². The highest BCUT2D eigenvalue weighted by Gasteiger charge is 2.36. The van der Waals surface area contributed by atoms with Crippen molar-refractivity contribution in [2.24, 2.45) is 0 Å². The molecular weight excluding hydrogens is 366 g/mol. The molecule has 5 rings (SSSR count). The summed E-state index contributed by atoms with van der Waals surface area (Å²) < 4.78 is 5.17. The number of amides is 1. The van der Waals surface area contributed by atoms with Gasteiger partial charge in [0.1, 0.15) is 0 Å². The molecule has 2 aromatic heterocycles. The van der Waals surface area contributed by atoms with E-state index in [2.05, 4.69) is 9.97 Å². The van der Waals surface area contributed by atoms with Crippen LogP contribution in [0.2, 0.25) is 0 Å². The number of benzene rings is 2. The quantitative estimate of drug-likeness (QED) is 0.580. The Morgan fingerprint density at radius 2 is 1.97 bits per heavy atom. The number of rotatable bonds is 4. The molecule has 1 unspecified atom stereocenters. The number of hydrogen-bond donors (Lipinski definition) is 1. The van der Waals surface area contributed by atoms with Crippen LogP contribution in [0.4, 0.5) is 0 Å². The molecule has 3 heterocycles. The van der Waals surface area contributed by atoms with E-state index in [4.69, 9.17) is 4.42 Å². The molecule has 1 aliphatic heterocycles. The summed E-state index contributed by atoms with van der Waals surface area (Å²) in [6, 6.07) is 17.2. The van der Waals surface area contributed by atoms with E-state index < -0.39 is 5.76 Å². The minimum atomic E-state index is -0.481. The fourth-order valence-corrected chi connectivity index (χ4v) is 3.95. The van der Waals surface area contributed by atoms with Crippen molar-refractivity contribution in [2.75, 3.05) is 0 Å². The molecule has 1 amide bonds. The zero-order valence-corrected chi connectivity index (χ0v) is 15.9. The summed E-state index contributed by atoms with van der Waals surface area (Å²) in [6.45, 7) is 2.43. The Morgan fingerprint density at radius 1 is 1.10 bits per heavy atom. The highest BCUT2D eigenvalue weighted by Crippen LogP contribution is 2.37. The molecule has 0 saturated heterocycles. The van der Waals surface area contributed by atoms with Crippen molar-refractivity contribution < 1.29 is 9.21 Å². The predicted molar refractivity (Wildman–Crippen MR) is 109 cm³/mol. The number of H-pyrrole nitrogens is 1. The van der Waals surface area contributed by atoms with Gasteiger partial charge in [0, 0.05) is 30.4 Å².